The number of aldehydes is 1. The summed E-state index contributed by atoms with van der Waals surface area (Å²) in [5.41, 5.74) is 0. The van der Waals surface area contributed by atoms with E-state index in [4.69, 9.17) is 29.4 Å². The molecule has 0 heterocycles. The molecule has 0 saturated carbocycles. The molecule has 0 aromatic carbocycles. The molecule has 5 N–H and O–H groups in total. The van der Waals surface area contributed by atoms with Crippen LogP contribution in [-0.2, 0) is 24.3 Å². The third kappa shape index (κ3) is 5.49. The maximum absolute atomic E-state index is 9.90. The molecule has 0 aliphatic heterocycles. The Hall–Kier alpha value is -0.224. The summed E-state index contributed by atoms with van der Waals surface area (Å²) < 4.78 is 7.94. The summed E-state index contributed by atoms with van der Waals surface area (Å²) in [5.74, 6) is 0. The van der Waals surface area contributed by atoms with Gasteiger partial charge in [-0.05, 0) is 0 Å². The van der Waals surface area contributed by atoms with E-state index in [1.807, 2.05) is 0 Å². The van der Waals surface area contributed by atoms with Gasteiger partial charge < -0.3 is 30.3 Å². The van der Waals surface area contributed by atoms with Gasteiger partial charge in [0, 0.05) is 0 Å². The van der Waals surface area contributed by atoms with Crippen molar-refractivity contribution in [2.24, 2.45) is 0 Å². The first kappa shape index (κ1) is 16.2. The van der Waals surface area contributed by atoms with Crippen LogP contribution in [0.4, 0.5) is 0 Å². The van der Waals surface area contributed by atoms with Gasteiger partial charge in [-0.25, -0.2) is 0 Å². The topological polar surface area (TPSA) is 135 Å². The zero-order chi connectivity index (χ0) is 11.7. The fraction of sp³-hybridized carbons (Fsp3) is 0.833. The number of carbonyl (C=O) groups is 1. The number of rotatable bonds is 5. The van der Waals surface area contributed by atoms with E-state index < -0.39 is 31.0 Å². The van der Waals surface area contributed by atoms with Crippen LogP contribution in [0.1, 0.15) is 0 Å². The number of aliphatic hydroxyl groups is 5. The Bertz CT molecular complexity index is 155. The maximum atomic E-state index is 9.90. The Labute approximate surface area is 87.8 Å². The average Bonchev–Trinajstić information content (AvgIpc) is 2.27. The number of hydrogen-bond donors (Lipinski definition) is 5. The van der Waals surface area contributed by atoms with Crippen molar-refractivity contribution in [3.63, 3.8) is 0 Å². The van der Waals surface area contributed by atoms with E-state index in [9.17, 15) is 4.79 Å². The normalized spacial score (nSPS) is 18.4. The van der Waals surface area contributed by atoms with Gasteiger partial charge in [-0.1, -0.05) is 0 Å². The summed E-state index contributed by atoms with van der Waals surface area (Å²) in [6, 6.07) is 0. The minimum absolute atomic E-state index is 0.0258. The van der Waals surface area contributed by atoms with Crippen molar-refractivity contribution < 1.29 is 49.9 Å². The molecule has 0 aromatic rings. The standard InChI is InChI=1S/C6H12O6.Co.O/c7-1-3(9)5(11)6(12)4(10)2-8;;/h1,3-6,8-12H,2H2;;. The van der Waals surface area contributed by atoms with E-state index in [2.05, 4.69) is 15.7 Å². The fourth-order valence-corrected chi connectivity index (χ4v) is 0.618. The van der Waals surface area contributed by atoms with E-state index in [1.165, 1.54) is 0 Å². The molecule has 0 aliphatic rings. The predicted octanol–water partition coefficient (Wildman–Crippen LogP) is -3.50. The van der Waals surface area contributed by atoms with Crippen LogP contribution in [0.5, 0.6) is 0 Å². The van der Waals surface area contributed by atoms with Gasteiger partial charge in [0.15, 0.2) is 6.29 Å². The Morgan fingerprint density at radius 2 is 1.50 bits per heavy atom. The van der Waals surface area contributed by atoms with Crippen molar-refractivity contribution >= 4 is 6.29 Å². The first-order valence-corrected chi connectivity index (χ1v) is 3.89. The van der Waals surface area contributed by atoms with Crippen LogP contribution in [-0.4, -0.2) is 62.8 Å². The van der Waals surface area contributed by atoms with Crippen molar-refractivity contribution in [2.45, 2.75) is 24.4 Å². The summed E-state index contributed by atoms with van der Waals surface area (Å²) in [5, 5.41) is 43.5. The Kier molecular flexibility index (Phi) is 10.8. The molecule has 0 rings (SSSR count). The molecule has 0 amide bonds. The van der Waals surface area contributed by atoms with Crippen molar-refractivity contribution in [3.05, 3.63) is 0 Å². The molecule has 4 unspecified atom stereocenters. The van der Waals surface area contributed by atoms with Gasteiger partial charge in [-0.2, -0.15) is 0 Å². The molecular weight excluding hydrogens is 243 g/mol. The first-order valence-electron chi connectivity index (χ1n) is 3.46. The Balaban J connectivity index is 0. The van der Waals surface area contributed by atoms with Crippen LogP contribution in [0.25, 0.3) is 0 Å². The Morgan fingerprint density at radius 3 is 1.79 bits per heavy atom. The summed E-state index contributed by atoms with van der Waals surface area (Å²) in [6.45, 7) is -0.760. The fourth-order valence-electron chi connectivity index (χ4n) is 0.618. The molecule has 0 fully saturated rings. The van der Waals surface area contributed by atoms with Crippen molar-refractivity contribution in [2.75, 3.05) is 6.61 Å². The van der Waals surface area contributed by atoms with Gasteiger partial charge in [0.2, 0.25) is 0 Å². The van der Waals surface area contributed by atoms with Crippen molar-refractivity contribution in [1.82, 2.24) is 0 Å². The summed E-state index contributed by atoms with van der Waals surface area (Å²) >= 11 is 2.31. The first-order chi connectivity index (χ1) is 6.54. The number of aliphatic hydroxyl groups excluding tert-OH is 5. The van der Waals surface area contributed by atoms with Gasteiger partial charge in [0.1, 0.15) is 24.4 Å². The van der Waals surface area contributed by atoms with Gasteiger partial charge in [0.05, 0.1) is 6.61 Å². The molecular formula is C6H12CoO7. The molecule has 87 valence electrons. The molecule has 0 bridgehead atoms. The zero-order valence-electron chi connectivity index (χ0n) is 6.98. The predicted molar refractivity (Wildman–Crippen MR) is 37.9 cm³/mol. The molecule has 0 aliphatic carbocycles. The molecule has 0 saturated heterocycles. The van der Waals surface area contributed by atoms with E-state index >= 15 is 0 Å². The molecule has 0 aromatic heterocycles. The molecule has 8 heteroatoms. The van der Waals surface area contributed by atoms with E-state index in [0.717, 1.165) is 0 Å². The van der Waals surface area contributed by atoms with Crippen LogP contribution in [0.15, 0.2) is 0 Å². The molecule has 14 heavy (non-hydrogen) atoms. The Morgan fingerprint density at radius 1 is 1.07 bits per heavy atom. The van der Waals surface area contributed by atoms with Gasteiger partial charge in [-0.15, -0.1) is 0 Å². The molecule has 0 radical (unpaired) electrons. The molecule has 4 atom stereocenters. The van der Waals surface area contributed by atoms with Gasteiger partial charge >= 0.3 is 19.5 Å². The van der Waals surface area contributed by atoms with E-state index in [-0.39, 0.29) is 6.29 Å². The van der Waals surface area contributed by atoms with Gasteiger partial charge in [0.25, 0.3) is 0 Å². The average molecular weight is 255 g/mol. The van der Waals surface area contributed by atoms with Crippen LogP contribution >= 0.6 is 0 Å². The summed E-state index contributed by atoms with van der Waals surface area (Å²) in [7, 11) is 0. The minimum atomic E-state index is -1.79. The van der Waals surface area contributed by atoms with E-state index in [0.29, 0.717) is 0 Å². The second-order valence-electron chi connectivity index (χ2n) is 2.36. The quantitative estimate of drug-likeness (QED) is 0.321. The number of hydrogen-bond acceptors (Lipinski definition) is 7. The second-order valence-corrected chi connectivity index (χ2v) is 2.36. The third-order valence-electron chi connectivity index (χ3n) is 1.42. The molecule has 7 nitrogen and oxygen atoms in total. The molecule has 0 spiro atoms. The number of carbonyl (C=O) groups excluding carboxylic acids is 1. The van der Waals surface area contributed by atoms with Crippen LogP contribution < -0.4 is 0 Å². The second kappa shape index (κ2) is 9.34. The van der Waals surface area contributed by atoms with Crippen LogP contribution in [0, 0.1) is 0 Å². The van der Waals surface area contributed by atoms with Crippen molar-refractivity contribution in [1.29, 1.82) is 0 Å². The van der Waals surface area contributed by atoms with Gasteiger partial charge in [-0.3, -0.25) is 0 Å². The zero-order valence-corrected chi connectivity index (χ0v) is 8.02. The summed E-state index contributed by atoms with van der Waals surface area (Å²) in [4.78, 5) is 9.90. The SMILES string of the molecule is O=CC(O)C(O)C(O)C(O)CO.[O]=[Co]. The van der Waals surface area contributed by atoms with Crippen molar-refractivity contribution in [3.8, 4) is 0 Å². The van der Waals surface area contributed by atoms with E-state index in [1.54, 1.807) is 0 Å². The third-order valence-corrected chi connectivity index (χ3v) is 1.42. The van der Waals surface area contributed by atoms with Crippen LogP contribution in [0.2, 0.25) is 0 Å². The van der Waals surface area contributed by atoms with Crippen LogP contribution in [0.3, 0.4) is 0 Å². The summed E-state index contributed by atoms with van der Waals surface area (Å²) in [6.07, 6.45) is -6.84. The monoisotopic (exact) mass is 255 g/mol.